The van der Waals surface area contributed by atoms with Crippen LogP contribution in [0.4, 0.5) is 5.69 Å². The van der Waals surface area contributed by atoms with Crippen LogP contribution in [0.1, 0.15) is 12.0 Å². The molecule has 2 aromatic rings. The minimum atomic E-state index is -0.275. The van der Waals surface area contributed by atoms with E-state index in [4.69, 9.17) is 15.2 Å². The molecule has 0 amide bonds. The number of benzene rings is 1. The summed E-state index contributed by atoms with van der Waals surface area (Å²) in [5.74, 6) is 0.376. The molecule has 0 radical (unpaired) electrons. The Morgan fingerprint density at radius 3 is 2.86 bits per heavy atom. The lowest BCUT2D eigenvalue weighted by molar-refractivity contribution is -0.144. The lowest BCUT2D eigenvalue weighted by atomic mass is 10.2. The largest absolute Gasteiger partial charge is 0.493 e. The van der Waals surface area contributed by atoms with E-state index in [2.05, 4.69) is 4.98 Å². The second-order valence-corrected chi connectivity index (χ2v) is 4.50. The summed E-state index contributed by atoms with van der Waals surface area (Å²) in [6.07, 6.45) is 4.34. The van der Waals surface area contributed by atoms with Gasteiger partial charge < -0.3 is 15.2 Å². The molecule has 0 bridgehead atoms. The molecule has 2 rings (SSSR count). The van der Waals surface area contributed by atoms with Crippen molar-refractivity contribution in [2.75, 3.05) is 18.9 Å². The molecule has 21 heavy (non-hydrogen) atoms. The van der Waals surface area contributed by atoms with Gasteiger partial charge in [0.05, 0.1) is 19.6 Å². The van der Waals surface area contributed by atoms with E-state index in [0.717, 1.165) is 5.56 Å². The number of carbonyl (C=O) groups excluding carboxylic acids is 1. The molecule has 5 nitrogen and oxygen atoms in total. The van der Waals surface area contributed by atoms with Gasteiger partial charge in [0.2, 0.25) is 0 Å². The number of pyridine rings is 1. The summed E-state index contributed by atoms with van der Waals surface area (Å²) in [6, 6.07) is 10.9. The normalized spacial score (nSPS) is 10.1. The number of aromatic nitrogens is 1. The van der Waals surface area contributed by atoms with Crippen molar-refractivity contribution in [2.24, 2.45) is 0 Å². The van der Waals surface area contributed by atoms with E-state index in [1.807, 2.05) is 12.1 Å². The Morgan fingerprint density at radius 1 is 1.19 bits per heavy atom. The Kier molecular flexibility index (Phi) is 5.58. The molecule has 0 aliphatic heterocycles. The standard InChI is InChI=1S/C16H18N2O3/c17-14-4-1-5-15(11-14)20-10-7-16(19)21-9-6-13-3-2-8-18-12-13/h1-5,8,11-12H,6-7,9-10,17H2. The third kappa shape index (κ3) is 5.52. The van der Waals surface area contributed by atoms with Gasteiger partial charge in [-0.3, -0.25) is 9.78 Å². The Bertz CT molecular complexity index is 573. The topological polar surface area (TPSA) is 74.4 Å². The number of nitrogens with two attached hydrogens (primary N) is 1. The Balaban J connectivity index is 1.61. The van der Waals surface area contributed by atoms with E-state index in [1.54, 1.807) is 36.7 Å². The van der Waals surface area contributed by atoms with Crippen LogP contribution < -0.4 is 10.5 Å². The summed E-state index contributed by atoms with van der Waals surface area (Å²) >= 11 is 0. The Labute approximate surface area is 123 Å². The molecule has 1 heterocycles. The number of ether oxygens (including phenoxy) is 2. The number of nitrogens with zero attached hydrogens (tertiary/aromatic N) is 1. The molecule has 0 spiro atoms. The fourth-order valence-corrected chi connectivity index (χ4v) is 1.76. The minimum absolute atomic E-state index is 0.210. The molecule has 0 fully saturated rings. The third-order valence-corrected chi connectivity index (χ3v) is 2.81. The predicted octanol–water partition coefficient (Wildman–Crippen LogP) is 2.22. The van der Waals surface area contributed by atoms with Crippen molar-refractivity contribution in [1.82, 2.24) is 4.98 Å². The van der Waals surface area contributed by atoms with Crippen molar-refractivity contribution < 1.29 is 14.3 Å². The first-order chi connectivity index (χ1) is 10.2. The van der Waals surface area contributed by atoms with Crippen molar-refractivity contribution in [3.8, 4) is 5.75 Å². The zero-order valence-electron chi connectivity index (χ0n) is 11.7. The quantitative estimate of drug-likeness (QED) is 0.624. The average molecular weight is 286 g/mol. The van der Waals surface area contributed by atoms with E-state index in [1.165, 1.54) is 0 Å². The van der Waals surface area contributed by atoms with Crippen molar-refractivity contribution in [1.29, 1.82) is 0 Å². The summed E-state index contributed by atoms with van der Waals surface area (Å²) < 4.78 is 10.6. The molecule has 0 saturated heterocycles. The molecule has 0 unspecified atom stereocenters. The number of hydrogen-bond acceptors (Lipinski definition) is 5. The van der Waals surface area contributed by atoms with Crippen LogP contribution in [0.2, 0.25) is 0 Å². The number of anilines is 1. The number of nitrogen functional groups attached to an aromatic ring is 1. The summed E-state index contributed by atoms with van der Waals surface area (Å²) in [7, 11) is 0. The molecular formula is C16H18N2O3. The third-order valence-electron chi connectivity index (χ3n) is 2.81. The first kappa shape index (κ1) is 14.8. The molecule has 110 valence electrons. The average Bonchev–Trinajstić information content (AvgIpc) is 2.48. The molecule has 0 aliphatic rings. The molecule has 0 aliphatic carbocycles. The van der Waals surface area contributed by atoms with Gasteiger partial charge in [0, 0.05) is 30.6 Å². The van der Waals surface area contributed by atoms with Crippen LogP contribution in [0.5, 0.6) is 5.75 Å². The van der Waals surface area contributed by atoms with E-state index in [0.29, 0.717) is 24.5 Å². The number of rotatable bonds is 7. The SMILES string of the molecule is Nc1cccc(OCCC(=O)OCCc2cccnc2)c1. The van der Waals surface area contributed by atoms with Crippen LogP contribution in [0, 0.1) is 0 Å². The van der Waals surface area contributed by atoms with Gasteiger partial charge in [-0.1, -0.05) is 12.1 Å². The van der Waals surface area contributed by atoms with Crippen LogP contribution in [0.3, 0.4) is 0 Å². The van der Waals surface area contributed by atoms with Gasteiger partial charge >= 0.3 is 5.97 Å². The highest BCUT2D eigenvalue weighted by Gasteiger charge is 2.04. The molecule has 1 aromatic carbocycles. The second-order valence-electron chi connectivity index (χ2n) is 4.50. The van der Waals surface area contributed by atoms with Crippen LogP contribution in [-0.2, 0) is 16.0 Å². The fourth-order valence-electron chi connectivity index (χ4n) is 1.76. The van der Waals surface area contributed by atoms with Crippen LogP contribution in [0.15, 0.2) is 48.8 Å². The smallest absolute Gasteiger partial charge is 0.309 e. The lowest BCUT2D eigenvalue weighted by Gasteiger charge is -2.07. The molecule has 0 saturated carbocycles. The van der Waals surface area contributed by atoms with Crippen molar-refractivity contribution in [3.05, 3.63) is 54.4 Å². The minimum Gasteiger partial charge on any atom is -0.493 e. The highest BCUT2D eigenvalue weighted by atomic mass is 16.5. The highest BCUT2D eigenvalue weighted by molar-refractivity contribution is 5.69. The number of carbonyl (C=O) groups is 1. The highest BCUT2D eigenvalue weighted by Crippen LogP contribution is 2.14. The van der Waals surface area contributed by atoms with Gasteiger partial charge in [0.25, 0.3) is 0 Å². The van der Waals surface area contributed by atoms with Gasteiger partial charge in [0.1, 0.15) is 5.75 Å². The van der Waals surface area contributed by atoms with E-state index >= 15 is 0 Å². The van der Waals surface area contributed by atoms with Gasteiger partial charge in [-0.25, -0.2) is 0 Å². The maximum atomic E-state index is 11.5. The summed E-state index contributed by atoms with van der Waals surface area (Å²) in [4.78, 5) is 15.5. The van der Waals surface area contributed by atoms with E-state index in [-0.39, 0.29) is 19.0 Å². The summed E-state index contributed by atoms with van der Waals surface area (Å²) in [5.41, 5.74) is 7.31. The maximum Gasteiger partial charge on any atom is 0.309 e. The van der Waals surface area contributed by atoms with Crippen LogP contribution >= 0.6 is 0 Å². The molecule has 5 heteroatoms. The molecule has 0 atom stereocenters. The zero-order valence-corrected chi connectivity index (χ0v) is 11.7. The predicted molar refractivity (Wildman–Crippen MR) is 79.9 cm³/mol. The first-order valence-corrected chi connectivity index (χ1v) is 6.77. The Hall–Kier alpha value is -2.56. The van der Waals surface area contributed by atoms with Crippen LogP contribution in [0.25, 0.3) is 0 Å². The first-order valence-electron chi connectivity index (χ1n) is 6.77. The summed E-state index contributed by atoms with van der Waals surface area (Å²) in [6.45, 7) is 0.623. The van der Waals surface area contributed by atoms with Crippen molar-refractivity contribution in [2.45, 2.75) is 12.8 Å². The number of hydrogen-bond donors (Lipinski definition) is 1. The van der Waals surface area contributed by atoms with Gasteiger partial charge in [-0.2, -0.15) is 0 Å². The van der Waals surface area contributed by atoms with Crippen molar-refractivity contribution in [3.63, 3.8) is 0 Å². The van der Waals surface area contributed by atoms with Gasteiger partial charge in [-0.15, -0.1) is 0 Å². The van der Waals surface area contributed by atoms with E-state index in [9.17, 15) is 4.79 Å². The Morgan fingerprint density at radius 2 is 2.10 bits per heavy atom. The van der Waals surface area contributed by atoms with Crippen LogP contribution in [-0.4, -0.2) is 24.2 Å². The van der Waals surface area contributed by atoms with Gasteiger partial charge in [-0.05, 0) is 23.8 Å². The fraction of sp³-hybridized carbons (Fsp3) is 0.250. The van der Waals surface area contributed by atoms with Crippen molar-refractivity contribution >= 4 is 11.7 Å². The molecule has 2 N–H and O–H groups in total. The second kappa shape index (κ2) is 7.89. The zero-order chi connectivity index (χ0) is 14.9. The number of esters is 1. The van der Waals surface area contributed by atoms with E-state index < -0.39 is 0 Å². The lowest BCUT2D eigenvalue weighted by Crippen LogP contribution is -2.11. The molecular weight excluding hydrogens is 268 g/mol. The maximum absolute atomic E-state index is 11.5. The van der Waals surface area contributed by atoms with Gasteiger partial charge in [0.15, 0.2) is 0 Å². The monoisotopic (exact) mass is 286 g/mol. The summed E-state index contributed by atoms with van der Waals surface area (Å²) in [5, 5.41) is 0. The molecule has 1 aromatic heterocycles.